The fourth-order valence-electron chi connectivity index (χ4n) is 1.90. The van der Waals surface area contributed by atoms with Crippen LogP contribution in [0.5, 0.6) is 0 Å². The number of amides is 1. The molecule has 0 radical (unpaired) electrons. The molecule has 1 aromatic carbocycles. The lowest BCUT2D eigenvalue weighted by molar-refractivity contribution is 0.00343. The van der Waals surface area contributed by atoms with E-state index in [-0.39, 0.29) is 5.91 Å². The minimum absolute atomic E-state index is 0.0216. The first-order chi connectivity index (χ1) is 8.22. The second-order valence-electron chi connectivity index (χ2n) is 4.05. The Morgan fingerprint density at radius 3 is 3.00 bits per heavy atom. The number of hydrogen-bond donors (Lipinski definition) is 0. The third kappa shape index (κ3) is 2.45. The molecule has 4 heteroatoms. The maximum atomic E-state index is 12.2. The summed E-state index contributed by atoms with van der Waals surface area (Å²) in [6.45, 7) is 3.24. The van der Waals surface area contributed by atoms with Crippen molar-refractivity contribution >= 4 is 5.91 Å². The number of morpholine rings is 1. The molecule has 1 aliphatic heterocycles. The predicted molar refractivity (Wildman–Crippen MR) is 62.4 cm³/mol. The first-order valence-electron chi connectivity index (χ1n) is 5.58. The van der Waals surface area contributed by atoms with Crippen molar-refractivity contribution in [1.29, 1.82) is 5.26 Å². The van der Waals surface area contributed by atoms with Gasteiger partial charge in [0.2, 0.25) is 0 Å². The summed E-state index contributed by atoms with van der Waals surface area (Å²) in [5.74, 6) is -0.0216. The molecule has 1 heterocycles. The van der Waals surface area contributed by atoms with Gasteiger partial charge in [-0.3, -0.25) is 4.79 Å². The smallest absolute Gasteiger partial charge is 0.254 e. The first kappa shape index (κ1) is 11.6. The van der Waals surface area contributed by atoms with Gasteiger partial charge in [0, 0.05) is 12.1 Å². The molecular formula is C13H14N2O2. The Balaban J connectivity index is 2.16. The first-order valence-corrected chi connectivity index (χ1v) is 5.58. The van der Waals surface area contributed by atoms with Crippen LogP contribution in [0.15, 0.2) is 24.3 Å². The van der Waals surface area contributed by atoms with Crippen LogP contribution in [0.2, 0.25) is 0 Å². The lowest BCUT2D eigenvalue weighted by Gasteiger charge is -2.30. The molecule has 1 atom stereocenters. The maximum Gasteiger partial charge on any atom is 0.254 e. The fourth-order valence-corrected chi connectivity index (χ4v) is 1.90. The third-order valence-corrected chi connectivity index (χ3v) is 2.87. The molecular weight excluding hydrogens is 216 g/mol. The van der Waals surface area contributed by atoms with Crippen molar-refractivity contribution in [2.24, 2.45) is 0 Å². The van der Waals surface area contributed by atoms with Crippen molar-refractivity contribution in [3.63, 3.8) is 0 Å². The van der Waals surface area contributed by atoms with E-state index in [1.54, 1.807) is 4.90 Å². The van der Waals surface area contributed by atoms with E-state index >= 15 is 0 Å². The van der Waals surface area contributed by atoms with Gasteiger partial charge in [-0.1, -0.05) is 18.2 Å². The van der Waals surface area contributed by atoms with E-state index in [0.29, 0.717) is 25.3 Å². The zero-order valence-corrected chi connectivity index (χ0v) is 9.72. The number of carbonyl (C=O) groups is 1. The van der Waals surface area contributed by atoms with Gasteiger partial charge in [0.1, 0.15) is 0 Å². The molecule has 88 valence electrons. The summed E-state index contributed by atoms with van der Waals surface area (Å²) >= 11 is 0. The summed E-state index contributed by atoms with van der Waals surface area (Å²) in [6, 6.07) is 9.52. The van der Waals surface area contributed by atoms with Gasteiger partial charge in [-0.2, -0.15) is 5.26 Å². The molecule has 0 bridgehead atoms. The number of nitrogens with zero attached hydrogens (tertiary/aromatic N) is 2. The van der Waals surface area contributed by atoms with Gasteiger partial charge in [-0.25, -0.2) is 0 Å². The van der Waals surface area contributed by atoms with E-state index in [2.05, 4.69) is 0 Å². The molecule has 0 N–H and O–H groups in total. The van der Waals surface area contributed by atoms with Crippen LogP contribution >= 0.6 is 0 Å². The summed E-state index contributed by atoms with van der Waals surface area (Å²) in [5.41, 5.74) is 1.66. The topological polar surface area (TPSA) is 53.3 Å². The van der Waals surface area contributed by atoms with Gasteiger partial charge >= 0.3 is 0 Å². The fraction of sp³-hybridized carbons (Fsp3) is 0.385. The number of nitriles is 1. The van der Waals surface area contributed by atoms with Crippen molar-refractivity contribution in [1.82, 2.24) is 4.90 Å². The number of aryl methyl sites for hydroxylation is 1. The van der Waals surface area contributed by atoms with Crippen LogP contribution in [-0.4, -0.2) is 36.6 Å². The van der Waals surface area contributed by atoms with Gasteiger partial charge in [0.05, 0.1) is 19.2 Å². The van der Waals surface area contributed by atoms with Crippen molar-refractivity contribution in [3.8, 4) is 6.07 Å². The Kier molecular flexibility index (Phi) is 3.40. The second-order valence-corrected chi connectivity index (χ2v) is 4.05. The monoisotopic (exact) mass is 230 g/mol. The second kappa shape index (κ2) is 4.98. The van der Waals surface area contributed by atoms with Crippen LogP contribution in [-0.2, 0) is 4.74 Å². The Labute approximate surface area is 100 Å². The van der Waals surface area contributed by atoms with Crippen LogP contribution in [0.4, 0.5) is 0 Å². The molecule has 1 saturated heterocycles. The molecule has 2 rings (SSSR count). The molecule has 1 fully saturated rings. The van der Waals surface area contributed by atoms with E-state index in [1.807, 2.05) is 37.3 Å². The number of carbonyl (C=O) groups excluding carboxylic acids is 1. The number of ether oxygens (including phenoxy) is 1. The van der Waals surface area contributed by atoms with E-state index < -0.39 is 6.10 Å². The average Bonchev–Trinajstić information content (AvgIpc) is 2.38. The van der Waals surface area contributed by atoms with E-state index in [9.17, 15) is 4.79 Å². The van der Waals surface area contributed by atoms with Crippen LogP contribution in [0.3, 0.4) is 0 Å². The highest BCUT2D eigenvalue weighted by molar-refractivity contribution is 5.95. The van der Waals surface area contributed by atoms with Gasteiger partial charge in [-0.15, -0.1) is 0 Å². The van der Waals surface area contributed by atoms with Crippen LogP contribution in [0.1, 0.15) is 15.9 Å². The molecule has 1 aliphatic rings. The van der Waals surface area contributed by atoms with Crippen molar-refractivity contribution in [2.45, 2.75) is 13.0 Å². The van der Waals surface area contributed by atoms with Gasteiger partial charge in [0.15, 0.2) is 6.10 Å². The molecule has 0 spiro atoms. The molecule has 0 saturated carbocycles. The van der Waals surface area contributed by atoms with E-state index in [1.165, 1.54) is 0 Å². The molecule has 0 aliphatic carbocycles. The van der Waals surface area contributed by atoms with E-state index in [4.69, 9.17) is 10.00 Å². The zero-order valence-electron chi connectivity index (χ0n) is 9.72. The van der Waals surface area contributed by atoms with Crippen molar-refractivity contribution in [3.05, 3.63) is 35.4 Å². The summed E-state index contributed by atoms with van der Waals surface area (Å²) in [4.78, 5) is 13.9. The normalized spacial score (nSPS) is 19.8. The summed E-state index contributed by atoms with van der Waals surface area (Å²) < 4.78 is 5.22. The zero-order chi connectivity index (χ0) is 12.3. The average molecular weight is 230 g/mol. The quantitative estimate of drug-likeness (QED) is 0.732. The molecule has 1 amide bonds. The summed E-state index contributed by atoms with van der Waals surface area (Å²) in [5, 5.41) is 8.80. The predicted octanol–water partition coefficient (Wildman–Crippen LogP) is 1.36. The van der Waals surface area contributed by atoms with E-state index in [0.717, 1.165) is 5.56 Å². The minimum Gasteiger partial charge on any atom is -0.360 e. The number of benzene rings is 1. The molecule has 17 heavy (non-hydrogen) atoms. The molecule has 1 aromatic rings. The summed E-state index contributed by atoms with van der Waals surface area (Å²) in [7, 11) is 0. The molecule has 4 nitrogen and oxygen atoms in total. The van der Waals surface area contributed by atoms with Gasteiger partial charge in [0.25, 0.3) is 5.91 Å². The Hall–Kier alpha value is -1.86. The van der Waals surface area contributed by atoms with Crippen LogP contribution < -0.4 is 0 Å². The minimum atomic E-state index is -0.503. The van der Waals surface area contributed by atoms with Crippen LogP contribution in [0.25, 0.3) is 0 Å². The van der Waals surface area contributed by atoms with Crippen LogP contribution in [0, 0.1) is 18.3 Å². The largest absolute Gasteiger partial charge is 0.360 e. The number of hydrogen-bond acceptors (Lipinski definition) is 3. The standard InChI is InChI=1S/C13H14N2O2/c1-10-4-2-3-5-12(10)13(16)15-6-7-17-11(8-14)9-15/h2-5,11H,6-7,9H2,1H3. The Morgan fingerprint density at radius 1 is 1.53 bits per heavy atom. The van der Waals surface area contributed by atoms with Gasteiger partial charge in [-0.05, 0) is 18.6 Å². The highest BCUT2D eigenvalue weighted by atomic mass is 16.5. The SMILES string of the molecule is Cc1ccccc1C(=O)N1CCOC(C#N)C1. The highest BCUT2D eigenvalue weighted by Crippen LogP contribution is 2.13. The van der Waals surface area contributed by atoms with Crippen molar-refractivity contribution in [2.75, 3.05) is 19.7 Å². The van der Waals surface area contributed by atoms with Gasteiger partial charge < -0.3 is 9.64 Å². The molecule has 1 unspecified atom stereocenters. The highest BCUT2D eigenvalue weighted by Gasteiger charge is 2.25. The lowest BCUT2D eigenvalue weighted by Crippen LogP contribution is -2.45. The molecule has 0 aromatic heterocycles. The Morgan fingerprint density at radius 2 is 2.29 bits per heavy atom. The summed E-state index contributed by atoms with van der Waals surface area (Å²) in [6.07, 6.45) is -0.503. The lowest BCUT2D eigenvalue weighted by atomic mass is 10.1. The Bertz CT molecular complexity index is 465. The number of rotatable bonds is 1. The third-order valence-electron chi connectivity index (χ3n) is 2.87. The maximum absolute atomic E-state index is 12.2. The van der Waals surface area contributed by atoms with Crippen molar-refractivity contribution < 1.29 is 9.53 Å².